The average Bonchev–Trinajstić information content (AvgIpc) is 2.59. The van der Waals surface area contributed by atoms with Gasteiger partial charge in [-0.3, -0.25) is 4.79 Å². The molecule has 6 heteroatoms. The monoisotopic (exact) mass is 226 g/mol. The van der Waals surface area contributed by atoms with E-state index in [0.29, 0.717) is 12.0 Å². The summed E-state index contributed by atoms with van der Waals surface area (Å²) in [4.78, 5) is 14.0. The second-order valence-corrected chi connectivity index (χ2v) is 3.85. The second-order valence-electron chi connectivity index (χ2n) is 3.85. The van der Waals surface area contributed by atoms with Crippen LogP contribution in [0.1, 0.15) is 18.1 Å². The van der Waals surface area contributed by atoms with Gasteiger partial charge in [0.2, 0.25) is 0 Å². The third kappa shape index (κ3) is 1.95. The first-order chi connectivity index (χ1) is 7.61. The Bertz CT molecular complexity index is 431. The van der Waals surface area contributed by atoms with E-state index in [2.05, 4.69) is 4.98 Å². The van der Waals surface area contributed by atoms with Crippen LogP contribution >= 0.6 is 0 Å². The van der Waals surface area contributed by atoms with E-state index in [4.69, 9.17) is 15.6 Å². The lowest BCUT2D eigenvalue weighted by molar-refractivity contribution is -0.0228. The topological polar surface area (TPSA) is 109 Å². The predicted octanol–water partition coefficient (Wildman–Crippen LogP) is -0.860. The number of nitrogens with two attached hydrogens (primary N) is 1. The van der Waals surface area contributed by atoms with E-state index < -0.39 is 18.3 Å². The highest BCUT2D eigenvalue weighted by Crippen LogP contribution is 2.31. The minimum Gasteiger partial charge on any atom is -0.394 e. The van der Waals surface area contributed by atoms with Gasteiger partial charge in [0, 0.05) is 12.0 Å². The van der Waals surface area contributed by atoms with Gasteiger partial charge in [0.05, 0.1) is 18.8 Å². The number of aromatic amines is 1. The van der Waals surface area contributed by atoms with Crippen LogP contribution in [0.2, 0.25) is 0 Å². The molecule has 3 atom stereocenters. The number of aromatic nitrogens is 1. The number of ether oxygens (including phenoxy) is 1. The molecule has 1 aliphatic heterocycles. The van der Waals surface area contributed by atoms with Gasteiger partial charge in [-0.2, -0.15) is 0 Å². The van der Waals surface area contributed by atoms with E-state index in [1.54, 1.807) is 12.1 Å². The summed E-state index contributed by atoms with van der Waals surface area (Å²) in [5, 5.41) is 18.5. The quantitative estimate of drug-likeness (QED) is 0.524. The summed E-state index contributed by atoms with van der Waals surface area (Å²) < 4.78 is 5.37. The Morgan fingerprint density at radius 3 is 2.88 bits per heavy atom. The van der Waals surface area contributed by atoms with Gasteiger partial charge in [0.25, 0.3) is 5.56 Å². The van der Waals surface area contributed by atoms with Crippen LogP contribution in [0.5, 0.6) is 0 Å². The van der Waals surface area contributed by atoms with Crippen LogP contribution in [0.25, 0.3) is 0 Å². The smallest absolute Gasteiger partial charge is 0.255 e. The molecule has 88 valence electrons. The number of nitrogen functional groups attached to an aromatic ring is 1. The maximum Gasteiger partial charge on any atom is 0.255 e. The molecule has 0 aromatic carbocycles. The lowest BCUT2D eigenvalue weighted by Gasteiger charge is -2.11. The van der Waals surface area contributed by atoms with Gasteiger partial charge < -0.3 is 25.7 Å². The molecule has 1 fully saturated rings. The van der Waals surface area contributed by atoms with Crippen molar-refractivity contribution in [3.8, 4) is 0 Å². The van der Waals surface area contributed by atoms with Gasteiger partial charge in [-0.05, 0) is 12.1 Å². The van der Waals surface area contributed by atoms with Crippen LogP contribution < -0.4 is 11.3 Å². The molecule has 0 unspecified atom stereocenters. The Labute approximate surface area is 91.7 Å². The lowest BCUT2D eigenvalue weighted by Crippen LogP contribution is -2.24. The molecule has 1 aromatic heterocycles. The Balaban J connectivity index is 2.23. The molecule has 0 radical (unpaired) electrons. The predicted molar refractivity (Wildman–Crippen MR) is 56.8 cm³/mol. The largest absolute Gasteiger partial charge is 0.394 e. The van der Waals surface area contributed by atoms with Crippen LogP contribution in [-0.2, 0) is 4.74 Å². The summed E-state index contributed by atoms with van der Waals surface area (Å²) >= 11 is 0. The molecule has 6 nitrogen and oxygen atoms in total. The van der Waals surface area contributed by atoms with Crippen molar-refractivity contribution in [2.45, 2.75) is 24.7 Å². The van der Waals surface area contributed by atoms with E-state index in [-0.39, 0.29) is 18.0 Å². The molecule has 2 rings (SSSR count). The summed E-state index contributed by atoms with van der Waals surface area (Å²) in [6, 6.07) is 3.14. The normalized spacial score (nSPS) is 29.5. The Morgan fingerprint density at radius 1 is 1.56 bits per heavy atom. The third-order valence-corrected chi connectivity index (χ3v) is 2.71. The molecule has 1 aromatic rings. The van der Waals surface area contributed by atoms with E-state index in [9.17, 15) is 9.90 Å². The van der Waals surface area contributed by atoms with Crippen LogP contribution in [0.3, 0.4) is 0 Å². The van der Waals surface area contributed by atoms with Gasteiger partial charge in [0.1, 0.15) is 11.9 Å². The summed E-state index contributed by atoms with van der Waals surface area (Å²) in [7, 11) is 0. The highest BCUT2D eigenvalue weighted by Gasteiger charge is 2.35. The van der Waals surface area contributed by atoms with E-state index in [1.807, 2.05) is 0 Å². The highest BCUT2D eigenvalue weighted by atomic mass is 16.5. The molecule has 0 amide bonds. The molecule has 16 heavy (non-hydrogen) atoms. The second kappa shape index (κ2) is 4.25. The highest BCUT2D eigenvalue weighted by molar-refractivity contribution is 5.30. The molecule has 2 heterocycles. The molecular formula is C10H14N2O4. The molecule has 0 spiro atoms. The van der Waals surface area contributed by atoms with Gasteiger partial charge in [-0.1, -0.05) is 0 Å². The molecule has 5 N–H and O–H groups in total. The van der Waals surface area contributed by atoms with Crippen LogP contribution in [0, 0.1) is 0 Å². The van der Waals surface area contributed by atoms with Crippen molar-refractivity contribution < 1.29 is 14.9 Å². The minimum absolute atomic E-state index is 0.259. The molecular weight excluding hydrogens is 212 g/mol. The first kappa shape index (κ1) is 11.1. The first-order valence-corrected chi connectivity index (χ1v) is 5.05. The number of rotatable bonds is 2. The number of aliphatic hydroxyl groups excluding tert-OH is 2. The summed E-state index contributed by atoms with van der Waals surface area (Å²) in [6.45, 7) is -0.259. The SMILES string of the molecule is Nc1ccc([C@H]2C[C@@H](O)[C@@H](CO)O2)c(=O)[nH]1. The summed E-state index contributed by atoms with van der Waals surface area (Å²) in [5.74, 6) is 0.283. The van der Waals surface area contributed by atoms with Crippen molar-refractivity contribution in [1.82, 2.24) is 4.98 Å². The maximum absolute atomic E-state index is 11.6. The Morgan fingerprint density at radius 2 is 2.31 bits per heavy atom. The molecule has 0 saturated carbocycles. The first-order valence-electron chi connectivity index (χ1n) is 5.05. The zero-order valence-electron chi connectivity index (χ0n) is 8.59. The lowest BCUT2D eigenvalue weighted by atomic mass is 10.1. The number of aliphatic hydroxyl groups is 2. The fourth-order valence-corrected chi connectivity index (χ4v) is 1.85. The number of hydrogen-bond acceptors (Lipinski definition) is 5. The molecule has 1 aliphatic rings. The maximum atomic E-state index is 11.6. The standard InChI is InChI=1S/C10H14N2O4/c11-9-2-1-5(10(15)12-9)7-3-6(14)8(4-13)16-7/h1-2,6-8,13-14H,3-4H2,(H3,11,12,15)/t6-,7-,8-/m1/s1. The molecule has 0 bridgehead atoms. The van der Waals surface area contributed by atoms with Crippen molar-refractivity contribution in [2.24, 2.45) is 0 Å². The van der Waals surface area contributed by atoms with Gasteiger partial charge in [-0.25, -0.2) is 0 Å². The fraction of sp³-hybridized carbons (Fsp3) is 0.500. The van der Waals surface area contributed by atoms with Crippen LogP contribution in [0.4, 0.5) is 5.82 Å². The van der Waals surface area contributed by atoms with Crippen molar-refractivity contribution in [1.29, 1.82) is 0 Å². The number of pyridine rings is 1. The van der Waals surface area contributed by atoms with Crippen molar-refractivity contribution >= 4 is 5.82 Å². The number of nitrogens with one attached hydrogen (secondary N) is 1. The van der Waals surface area contributed by atoms with Gasteiger partial charge >= 0.3 is 0 Å². The number of hydrogen-bond donors (Lipinski definition) is 4. The Kier molecular flexibility index (Phi) is 2.95. The van der Waals surface area contributed by atoms with Crippen molar-refractivity contribution in [3.63, 3.8) is 0 Å². The molecule has 1 saturated heterocycles. The fourth-order valence-electron chi connectivity index (χ4n) is 1.85. The van der Waals surface area contributed by atoms with E-state index >= 15 is 0 Å². The average molecular weight is 226 g/mol. The minimum atomic E-state index is -0.744. The Hall–Kier alpha value is -1.37. The number of anilines is 1. The summed E-state index contributed by atoms with van der Waals surface area (Å²) in [5.41, 5.74) is 5.52. The van der Waals surface area contributed by atoms with Crippen LogP contribution in [0.15, 0.2) is 16.9 Å². The summed E-state index contributed by atoms with van der Waals surface area (Å²) in [6.07, 6.45) is -1.55. The van der Waals surface area contributed by atoms with Crippen LogP contribution in [-0.4, -0.2) is 34.0 Å². The van der Waals surface area contributed by atoms with Crippen molar-refractivity contribution in [2.75, 3.05) is 12.3 Å². The third-order valence-electron chi connectivity index (χ3n) is 2.71. The molecule has 0 aliphatic carbocycles. The van der Waals surface area contributed by atoms with E-state index in [0.717, 1.165) is 0 Å². The zero-order valence-corrected chi connectivity index (χ0v) is 8.59. The van der Waals surface area contributed by atoms with Gasteiger partial charge in [-0.15, -0.1) is 0 Å². The zero-order chi connectivity index (χ0) is 11.7. The van der Waals surface area contributed by atoms with Gasteiger partial charge in [0.15, 0.2) is 0 Å². The van der Waals surface area contributed by atoms with Crippen molar-refractivity contribution in [3.05, 3.63) is 28.0 Å². The van der Waals surface area contributed by atoms with E-state index in [1.165, 1.54) is 0 Å². The number of H-pyrrole nitrogens is 1.